The zero-order chi connectivity index (χ0) is 9.97. The molecule has 0 atom stereocenters. The largest absolute Gasteiger partial charge is 0.237 e. The van der Waals surface area contributed by atoms with Crippen LogP contribution in [-0.2, 0) is 5.88 Å². The molecule has 0 N–H and O–H groups in total. The summed E-state index contributed by atoms with van der Waals surface area (Å²) >= 11 is 7.88. The first kappa shape index (κ1) is 9.92. The standard InChI is InChI=1S/C9H7ClIN3/c10-3-7-1-2-9(12-4-7)14-6-8(11)5-13-14/h1-2,4-6H,3H2. The SMILES string of the molecule is ClCc1ccc(-n2cc(I)cn2)nc1. The molecule has 2 rings (SSSR count). The average Bonchev–Trinajstić information content (AvgIpc) is 2.65. The highest BCUT2D eigenvalue weighted by Gasteiger charge is 1.99. The number of alkyl halides is 1. The third-order valence-corrected chi connectivity index (χ3v) is 2.61. The molecule has 14 heavy (non-hydrogen) atoms. The summed E-state index contributed by atoms with van der Waals surface area (Å²) in [6, 6.07) is 3.85. The van der Waals surface area contributed by atoms with E-state index >= 15 is 0 Å². The van der Waals surface area contributed by atoms with Crippen molar-refractivity contribution in [1.82, 2.24) is 14.8 Å². The minimum Gasteiger partial charge on any atom is -0.237 e. The number of aromatic nitrogens is 3. The molecule has 0 aliphatic carbocycles. The van der Waals surface area contributed by atoms with Gasteiger partial charge in [0.25, 0.3) is 0 Å². The number of pyridine rings is 1. The van der Waals surface area contributed by atoms with Gasteiger partial charge in [-0.15, -0.1) is 11.6 Å². The Morgan fingerprint density at radius 2 is 2.21 bits per heavy atom. The van der Waals surface area contributed by atoms with Gasteiger partial charge in [-0.3, -0.25) is 0 Å². The van der Waals surface area contributed by atoms with Crippen LogP contribution in [-0.4, -0.2) is 14.8 Å². The number of rotatable bonds is 2. The van der Waals surface area contributed by atoms with Crippen molar-refractivity contribution in [3.05, 3.63) is 39.9 Å². The lowest BCUT2D eigenvalue weighted by molar-refractivity contribution is 0.845. The molecule has 0 amide bonds. The minimum atomic E-state index is 0.490. The fraction of sp³-hybridized carbons (Fsp3) is 0.111. The molecule has 5 heteroatoms. The molecule has 0 saturated heterocycles. The van der Waals surface area contributed by atoms with Crippen molar-refractivity contribution in [3.63, 3.8) is 0 Å². The second-order valence-corrected chi connectivity index (χ2v) is 4.27. The van der Waals surface area contributed by atoms with Crippen LogP contribution in [0.15, 0.2) is 30.7 Å². The zero-order valence-electron chi connectivity index (χ0n) is 7.19. The predicted molar refractivity (Wildman–Crippen MR) is 63.6 cm³/mol. The molecule has 0 spiro atoms. The second kappa shape index (κ2) is 4.27. The molecule has 0 saturated carbocycles. The van der Waals surface area contributed by atoms with Crippen LogP contribution >= 0.6 is 34.2 Å². The summed E-state index contributed by atoms with van der Waals surface area (Å²) in [7, 11) is 0. The molecule has 0 aliphatic heterocycles. The van der Waals surface area contributed by atoms with E-state index in [0.717, 1.165) is 15.0 Å². The van der Waals surface area contributed by atoms with Gasteiger partial charge in [-0.2, -0.15) is 5.10 Å². The Kier molecular flexibility index (Phi) is 3.02. The van der Waals surface area contributed by atoms with Gasteiger partial charge in [-0.05, 0) is 34.2 Å². The van der Waals surface area contributed by atoms with E-state index in [4.69, 9.17) is 11.6 Å². The van der Waals surface area contributed by atoms with E-state index in [2.05, 4.69) is 32.7 Å². The van der Waals surface area contributed by atoms with Crippen molar-refractivity contribution in [3.8, 4) is 5.82 Å². The highest BCUT2D eigenvalue weighted by Crippen LogP contribution is 2.09. The van der Waals surface area contributed by atoms with Gasteiger partial charge in [-0.1, -0.05) is 6.07 Å². The lowest BCUT2D eigenvalue weighted by Gasteiger charge is -2.00. The summed E-state index contributed by atoms with van der Waals surface area (Å²) in [4.78, 5) is 4.25. The molecule has 0 aromatic carbocycles. The van der Waals surface area contributed by atoms with Crippen molar-refractivity contribution in [2.45, 2.75) is 5.88 Å². The number of halogens is 2. The summed E-state index contributed by atoms with van der Waals surface area (Å²) in [6.07, 6.45) is 5.47. The zero-order valence-corrected chi connectivity index (χ0v) is 10.1. The molecule has 72 valence electrons. The lowest BCUT2D eigenvalue weighted by atomic mass is 10.3. The highest BCUT2D eigenvalue weighted by atomic mass is 127. The van der Waals surface area contributed by atoms with Crippen molar-refractivity contribution >= 4 is 34.2 Å². The maximum atomic E-state index is 5.67. The topological polar surface area (TPSA) is 30.7 Å². The van der Waals surface area contributed by atoms with Gasteiger partial charge in [0, 0.05) is 18.3 Å². The molecular formula is C9H7ClIN3. The first-order valence-corrected chi connectivity index (χ1v) is 5.62. The lowest BCUT2D eigenvalue weighted by Crippen LogP contribution is -1.97. The van der Waals surface area contributed by atoms with Gasteiger partial charge >= 0.3 is 0 Å². The van der Waals surface area contributed by atoms with Crippen LogP contribution in [0.3, 0.4) is 0 Å². The first-order valence-electron chi connectivity index (χ1n) is 4.01. The van der Waals surface area contributed by atoms with Crippen LogP contribution in [0.4, 0.5) is 0 Å². The van der Waals surface area contributed by atoms with E-state index in [-0.39, 0.29) is 0 Å². The van der Waals surface area contributed by atoms with Crippen LogP contribution in [0.1, 0.15) is 5.56 Å². The van der Waals surface area contributed by atoms with Gasteiger partial charge in [0.1, 0.15) is 0 Å². The van der Waals surface area contributed by atoms with E-state index in [1.807, 2.05) is 18.3 Å². The average molecular weight is 320 g/mol. The highest BCUT2D eigenvalue weighted by molar-refractivity contribution is 14.1. The van der Waals surface area contributed by atoms with E-state index in [9.17, 15) is 0 Å². The first-order chi connectivity index (χ1) is 6.79. The summed E-state index contributed by atoms with van der Waals surface area (Å²) in [6.45, 7) is 0. The fourth-order valence-electron chi connectivity index (χ4n) is 1.06. The third-order valence-electron chi connectivity index (χ3n) is 1.75. The molecular weight excluding hydrogens is 312 g/mol. The predicted octanol–water partition coefficient (Wildman–Crippen LogP) is 2.61. The van der Waals surface area contributed by atoms with E-state index in [1.165, 1.54) is 0 Å². The molecule has 0 unspecified atom stereocenters. The Hall–Kier alpha value is -0.620. The maximum Gasteiger partial charge on any atom is 0.153 e. The van der Waals surface area contributed by atoms with Crippen LogP contribution in [0.25, 0.3) is 5.82 Å². The Balaban J connectivity index is 2.33. The van der Waals surface area contributed by atoms with Gasteiger partial charge in [0.15, 0.2) is 5.82 Å². The molecule has 2 heterocycles. The minimum absolute atomic E-state index is 0.490. The van der Waals surface area contributed by atoms with Crippen molar-refractivity contribution in [1.29, 1.82) is 0 Å². The van der Waals surface area contributed by atoms with Gasteiger partial charge in [0.05, 0.1) is 9.77 Å². The van der Waals surface area contributed by atoms with Crippen LogP contribution in [0.2, 0.25) is 0 Å². The van der Waals surface area contributed by atoms with Crippen molar-refractivity contribution < 1.29 is 0 Å². The number of hydrogen-bond donors (Lipinski definition) is 0. The molecule has 0 bridgehead atoms. The number of nitrogens with zero attached hydrogens (tertiary/aromatic N) is 3. The molecule has 0 fully saturated rings. The Bertz CT molecular complexity index is 424. The monoisotopic (exact) mass is 319 g/mol. The van der Waals surface area contributed by atoms with E-state index in [0.29, 0.717) is 5.88 Å². The molecule has 0 radical (unpaired) electrons. The Morgan fingerprint density at radius 3 is 2.71 bits per heavy atom. The molecule has 3 nitrogen and oxygen atoms in total. The Labute approximate surface area is 100 Å². The summed E-state index contributed by atoms with van der Waals surface area (Å²) in [5, 5.41) is 4.16. The number of hydrogen-bond acceptors (Lipinski definition) is 2. The molecule has 2 aromatic heterocycles. The molecule has 2 aromatic rings. The van der Waals surface area contributed by atoms with Gasteiger partial charge < -0.3 is 0 Å². The quantitative estimate of drug-likeness (QED) is 0.629. The van der Waals surface area contributed by atoms with Crippen LogP contribution in [0.5, 0.6) is 0 Å². The van der Waals surface area contributed by atoms with E-state index in [1.54, 1.807) is 17.1 Å². The smallest absolute Gasteiger partial charge is 0.153 e. The third kappa shape index (κ3) is 2.06. The fourth-order valence-corrected chi connectivity index (χ4v) is 1.60. The normalized spacial score (nSPS) is 10.4. The Morgan fingerprint density at radius 1 is 1.36 bits per heavy atom. The second-order valence-electron chi connectivity index (χ2n) is 2.76. The van der Waals surface area contributed by atoms with Gasteiger partial charge in [0.2, 0.25) is 0 Å². The summed E-state index contributed by atoms with van der Waals surface area (Å²) in [5.74, 6) is 1.30. The van der Waals surface area contributed by atoms with Crippen molar-refractivity contribution in [2.24, 2.45) is 0 Å². The molecule has 0 aliphatic rings. The van der Waals surface area contributed by atoms with Gasteiger partial charge in [-0.25, -0.2) is 9.67 Å². The van der Waals surface area contributed by atoms with Crippen molar-refractivity contribution in [2.75, 3.05) is 0 Å². The maximum absolute atomic E-state index is 5.67. The summed E-state index contributed by atoms with van der Waals surface area (Å²) < 4.78 is 2.82. The van der Waals surface area contributed by atoms with Crippen LogP contribution in [0, 0.1) is 3.57 Å². The van der Waals surface area contributed by atoms with E-state index < -0.39 is 0 Å². The van der Waals surface area contributed by atoms with Crippen LogP contribution < -0.4 is 0 Å². The summed E-state index contributed by atoms with van der Waals surface area (Å²) in [5.41, 5.74) is 1.01.